The maximum atomic E-state index is 9.87. The normalized spacial score (nSPS) is 29.3. The number of nitrogens with zero attached hydrogens (tertiary/aromatic N) is 1. The van der Waals surface area contributed by atoms with Gasteiger partial charge in [0, 0.05) is 12.6 Å². The van der Waals surface area contributed by atoms with Crippen molar-refractivity contribution in [3.63, 3.8) is 0 Å². The van der Waals surface area contributed by atoms with E-state index in [0.717, 1.165) is 32.5 Å². The van der Waals surface area contributed by atoms with E-state index in [0.29, 0.717) is 17.4 Å². The summed E-state index contributed by atoms with van der Waals surface area (Å²) in [5.41, 5.74) is 0.302. The molecule has 0 bridgehead atoms. The van der Waals surface area contributed by atoms with Gasteiger partial charge in [0.25, 0.3) is 0 Å². The second kappa shape index (κ2) is 6.17. The first-order valence-electron chi connectivity index (χ1n) is 6.92. The molecule has 0 aromatic rings. The van der Waals surface area contributed by atoms with Gasteiger partial charge in [-0.1, -0.05) is 27.7 Å². The summed E-state index contributed by atoms with van der Waals surface area (Å²) in [7, 11) is 2.04. The smallest absolute Gasteiger partial charge is 0.0693 e. The molecule has 1 aliphatic heterocycles. The zero-order chi connectivity index (χ0) is 13.1. The van der Waals surface area contributed by atoms with Crippen molar-refractivity contribution in [3.8, 4) is 0 Å². The Morgan fingerprint density at radius 2 is 2.06 bits per heavy atom. The molecular formula is C14H30N2O. The summed E-state index contributed by atoms with van der Waals surface area (Å²) >= 11 is 0. The fourth-order valence-electron chi connectivity index (χ4n) is 2.64. The van der Waals surface area contributed by atoms with Crippen LogP contribution in [0, 0.1) is 11.3 Å². The zero-order valence-corrected chi connectivity index (χ0v) is 12.2. The maximum absolute atomic E-state index is 9.87. The van der Waals surface area contributed by atoms with Crippen molar-refractivity contribution in [1.82, 2.24) is 10.2 Å². The van der Waals surface area contributed by atoms with Gasteiger partial charge in [0.2, 0.25) is 0 Å². The highest BCUT2D eigenvalue weighted by molar-refractivity contribution is 4.82. The number of β-amino-alcohol motifs (C(OH)–C–C–N with tert-alkyl or cyclic N) is 1. The van der Waals surface area contributed by atoms with Crippen LogP contribution in [0.5, 0.6) is 0 Å². The molecule has 1 rings (SSSR count). The Kier molecular flexibility index (Phi) is 5.42. The molecule has 0 aromatic carbocycles. The van der Waals surface area contributed by atoms with Gasteiger partial charge >= 0.3 is 0 Å². The average Bonchev–Trinajstić information content (AvgIpc) is 2.22. The van der Waals surface area contributed by atoms with Crippen LogP contribution in [0.2, 0.25) is 0 Å². The first kappa shape index (κ1) is 14.9. The van der Waals surface area contributed by atoms with E-state index < -0.39 is 0 Å². The minimum absolute atomic E-state index is 0.133. The number of rotatable bonds is 4. The second-order valence-corrected chi connectivity index (χ2v) is 6.63. The van der Waals surface area contributed by atoms with E-state index in [-0.39, 0.29) is 6.10 Å². The Hall–Kier alpha value is -0.120. The molecule has 3 atom stereocenters. The predicted molar refractivity (Wildman–Crippen MR) is 73.1 cm³/mol. The summed E-state index contributed by atoms with van der Waals surface area (Å²) in [5, 5.41) is 13.3. The molecule has 0 aliphatic carbocycles. The number of hydrogen-bond acceptors (Lipinski definition) is 3. The van der Waals surface area contributed by atoms with Crippen molar-refractivity contribution in [2.24, 2.45) is 11.3 Å². The largest absolute Gasteiger partial charge is 0.392 e. The van der Waals surface area contributed by atoms with E-state index in [1.54, 1.807) is 0 Å². The number of aliphatic hydroxyl groups is 1. The number of aliphatic hydroxyl groups excluding tert-OH is 1. The topological polar surface area (TPSA) is 35.5 Å². The van der Waals surface area contributed by atoms with E-state index in [2.05, 4.69) is 37.9 Å². The Morgan fingerprint density at radius 3 is 2.53 bits per heavy atom. The van der Waals surface area contributed by atoms with E-state index >= 15 is 0 Å². The molecule has 0 aromatic heterocycles. The lowest BCUT2D eigenvalue weighted by molar-refractivity contribution is 0.0262. The molecule has 0 radical (unpaired) electrons. The summed E-state index contributed by atoms with van der Waals surface area (Å²) in [6.07, 6.45) is 2.15. The van der Waals surface area contributed by atoms with Crippen LogP contribution >= 0.6 is 0 Å². The second-order valence-electron chi connectivity index (χ2n) is 6.63. The summed E-state index contributed by atoms with van der Waals surface area (Å²) in [5.74, 6) is 0.467. The summed E-state index contributed by atoms with van der Waals surface area (Å²) in [6.45, 7) is 12.1. The molecule has 3 nitrogen and oxygen atoms in total. The monoisotopic (exact) mass is 242 g/mol. The predicted octanol–water partition coefficient (Wildman–Crippen LogP) is 1.71. The van der Waals surface area contributed by atoms with Gasteiger partial charge in [0.05, 0.1) is 6.10 Å². The number of piperidine rings is 1. The molecule has 102 valence electrons. The third kappa shape index (κ3) is 4.57. The van der Waals surface area contributed by atoms with Gasteiger partial charge in [-0.3, -0.25) is 0 Å². The Morgan fingerprint density at radius 1 is 1.41 bits per heavy atom. The van der Waals surface area contributed by atoms with Gasteiger partial charge in [-0.15, -0.1) is 0 Å². The Balaban J connectivity index is 2.35. The van der Waals surface area contributed by atoms with Gasteiger partial charge in [0.1, 0.15) is 0 Å². The molecule has 0 spiro atoms. The van der Waals surface area contributed by atoms with Crippen LogP contribution in [0.1, 0.15) is 40.5 Å². The zero-order valence-electron chi connectivity index (χ0n) is 12.2. The van der Waals surface area contributed by atoms with Crippen molar-refractivity contribution >= 4 is 0 Å². The molecular weight excluding hydrogens is 212 g/mol. The molecule has 17 heavy (non-hydrogen) atoms. The van der Waals surface area contributed by atoms with Gasteiger partial charge in [-0.2, -0.15) is 0 Å². The van der Waals surface area contributed by atoms with Crippen molar-refractivity contribution in [2.75, 3.05) is 26.7 Å². The highest BCUT2D eigenvalue weighted by Crippen LogP contribution is 2.23. The van der Waals surface area contributed by atoms with Crippen molar-refractivity contribution in [2.45, 2.75) is 52.7 Å². The first-order valence-corrected chi connectivity index (χ1v) is 6.92. The van der Waals surface area contributed by atoms with Crippen molar-refractivity contribution < 1.29 is 5.11 Å². The van der Waals surface area contributed by atoms with Crippen molar-refractivity contribution in [1.29, 1.82) is 0 Å². The van der Waals surface area contributed by atoms with Gasteiger partial charge in [-0.25, -0.2) is 0 Å². The minimum atomic E-state index is -0.133. The van der Waals surface area contributed by atoms with Crippen LogP contribution in [0.3, 0.4) is 0 Å². The molecule has 2 N–H and O–H groups in total. The van der Waals surface area contributed by atoms with Gasteiger partial charge in [0.15, 0.2) is 0 Å². The van der Waals surface area contributed by atoms with Crippen LogP contribution in [0.4, 0.5) is 0 Å². The van der Waals surface area contributed by atoms with E-state index in [1.807, 2.05) is 7.05 Å². The number of hydrogen-bond donors (Lipinski definition) is 2. The lowest BCUT2D eigenvalue weighted by Gasteiger charge is -2.37. The third-order valence-electron chi connectivity index (χ3n) is 4.13. The standard InChI is InChI=1S/C14H30N2O/c1-11-6-8-16(10-12(11)17)9-7-13(15-5)14(2,3)4/h11-13,15,17H,6-10H2,1-5H3. The van der Waals surface area contributed by atoms with E-state index in [1.165, 1.54) is 0 Å². The Labute approximate surface area is 107 Å². The fraction of sp³-hybridized carbons (Fsp3) is 1.00. The first-order chi connectivity index (χ1) is 7.84. The fourth-order valence-corrected chi connectivity index (χ4v) is 2.64. The molecule has 3 unspecified atom stereocenters. The van der Waals surface area contributed by atoms with Gasteiger partial charge < -0.3 is 15.3 Å². The molecule has 1 aliphatic rings. The molecule has 1 saturated heterocycles. The molecule has 0 saturated carbocycles. The van der Waals surface area contributed by atoms with Crippen molar-refractivity contribution in [3.05, 3.63) is 0 Å². The van der Waals surface area contributed by atoms with Crippen LogP contribution in [-0.4, -0.2) is 48.8 Å². The van der Waals surface area contributed by atoms with Crippen LogP contribution in [-0.2, 0) is 0 Å². The van der Waals surface area contributed by atoms with E-state index in [4.69, 9.17) is 0 Å². The molecule has 1 fully saturated rings. The Bertz CT molecular complexity index is 225. The number of likely N-dealkylation sites (tertiary alicyclic amines) is 1. The molecule has 3 heteroatoms. The summed E-state index contributed by atoms with van der Waals surface area (Å²) < 4.78 is 0. The lowest BCUT2D eigenvalue weighted by Crippen LogP contribution is -2.46. The molecule has 0 amide bonds. The van der Waals surface area contributed by atoms with Gasteiger partial charge in [-0.05, 0) is 44.3 Å². The summed E-state index contributed by atoms with van der Waals surface area (Å²) in [6, 6.07) is 0.541. The lowest BCUT2D eigenvalue weighted by atomic mass is 9.84. The van der Waals surface area contributed by atoms with Crippen LogP contribution < -0.4 is 5.32 Å². The quantitative estimate of drug-likeness (QED) is 0.788. The third-order valence-corrected chi connectivity index (χ3v) is 4.13. The number of nitrogens with one attached hydrogen (secondary N) is 1. The minimum Gasteiger partial charge on any atom is -0.392 e. The van der Waals surface area contributed by atoms with E-state index in [9.17, 15) is 5.11 Å². The average molecular weight is 242 g/mol. The highest BCUT2D eigenvalue weighted by Gasteiger charge is 2.27. The highest BCUT2D eigenvalue weighted by atomic mass is 16.3. The van der Waals surface area contributed by atoms with Crippen LogP contribution in [0.25, 0.3) is 0 Å². The summed E-state index contributed by atoms with van der Waals surface area (Å²) in [4.78, 5) is 2.40. The maximum Gasteiger partial charge on any atom is 0.0693 e. The van der Waals surface area contributed by atoms with Crippen LogP contribution in [0.15, 0.2) is 0 Å². The SMILES string of the molecule is CNC(CCN1CCC(C)C(O)C1)C(C)(C)C. The molecule has 1 heterocycles.